The zero-order chi connectivity index (χ0) is 16.9. The second-order valence-electron chi connectivity index (χ2n) is 6.16. The lowest BCUT2D eigenvalue weighted by molar-refractivity contribution is -0.135. The molecule has 0 bridgehead atoms. The molecular formula is C18H21N3O3. The molecule has 1 aliphatic rings. The summed E-state index contributed by atoms with van der Waals surface area (Å²) in [5.74, 6) is -0.0789. The van der Waals surface area contributed by atoms with Gasteiger partial charge in [-0.2, -0.15) is 0 Å². The van der Waals surface area contributed by atoms with E-state index in [0.29, 0.717) is 6.54 Å². The lowest BCUT2D eigenvalue weighted by Gasteiger charge is -2.36. The molecule has 0 spiro atoms. The highest BCUT2D eigenvalue weighted by molar-refractivity contribution is 5.76. The molecule has 0 radical (unpaired) electrons. The highest BCUT2D eigenvalue weighted by atomic mass is 16.2. The van der Waals surface area contributed by atoms with Gasteiger partial charge in [0.05, 0.1) is 0 Å². The molecule has 1 N–H and O–H groups in total. The normalized spacial score (nSPS) is 17.7. The number of carbonyl (C=O) groups is 1. The molecule has 6 nitrogen and oxygen atoms in total. The van der Waals surface area contributed by atoms with Gasteiger partial charge in [0.1, 0.15) is 6.54 Å². The summed E-state index contributed by atoms with van der Waals surface area (Å²) in [6.07, 6.45) is 5.26. The number of nitrogens with one attached hydrogen (secondary N) is 1. The summed E-state index contributed by atoms with van der Waals surface area (Å²) in [7, 11) is 0. The molecule has 2 heterocycles. The Morgan fingerprint density at radius 3 is 2.67 bits per heavy atom. The topological polar surface area (TPSA) is 75.2 Å². The van der Waals surface area contributed by atoms with Gasteiger partial charge >= 0.3 is 5.69 Å². The number of nitrogens with zero attached hydrogens (tertiary/aromatic N) is 2. The standard InChI is InChI=1S/C18H21N3O3/c22-16-9-11-20(18(24)19-16)13-17(23)21-10-5-4-8-15(21)12-14-6-2-1-3-7-14/h1-3,6-7,9,11,15H,4-5,8,10,12-13H2,(H,19,22,24)/t15-/m0/s1. The van der Waals surface area contributed by atoms with Crippen molar-refractivity contribution < 1.29 is 4.79 Å². The minimum Gasteiger partial charge on any atom is -0.338 e. The fourth-order valence-corrected chi connectivity index (χ4v) is 3.23. The van der Waals surface area contributed by atoms with Crippen molar-refractivity contribution in [3.05, 3.63) is 69.0 Å². The lowest BCUT2D eigenvalue weighted by Crippen LogP contribution is -2.47. The molecule has 1 amide bonds. The van der Waals surface area contributed by atoms with Gasteiger partial charge in [0.2, 0.25) is 5.91 Å². The third-order valence-corrected chi connectivity index (χ3v) is 4.46. The van der Waals surface area contributed by atoms with Crippen molar-refractivity contribution in [3.8, 4) is 0 Å². The number of hydrogen-bond acceptors (Lipinski definition) is 3. The summed E-state index contributed by atoms with van der Waals surface area (Å²) in [4.78, 5) is 39.6. The number of benzene rings is 1. The maximum absolute atomic E-state index is 12.7. The Morgan fingerprint density at radius 1 is 1.12 bits per heavy atom. The van der Waals surface area contributed by atoms with E-state index in [2.05, 4.69) is 17.1 Å². The fourth-order valence-electron chi connectivity index (χ4n) is 3.23. The predicted molar refractivity (Wildman–Crippen MR) is 90.8 cm³/mol. The van der Waals surface area contributed by atoms with Crippen molar-refractivity contribution >= 4 is 5.91 Å². The van der Waals surface area contributed by atoms with Crippen LogP contribution in [0.15, 0.2) is 52.2 Å². The van der Waals surface area contributed by atoms with Crippen molar-refractivity contribution in [2.45, 2.75) is 38.3 Å². The van der Waals surface area contributed by atoms with E-state index in [0.717, 1.165) is 25.7 Å². The van der Waals surface area contributed by atoms with E-state index in [4.69, 9.17) is 0 Å². The predicted octanol–water partition coefficient (Wildman–Crippen LogP) is 1.16. The lowest BCUT2D eigenvalue weighted by atomic mass is 9.95. The van der Waals surface area contributed by atoms with Crippen molar-refractivity contribution in [1.29, 1.82) is 0 Å². The first-order valence-corrected chi connectivity index (χ1v) is 8.26. The molecule has 126 valence electrons. The van der Waals surface area contributed by atoms with Gasteiger partial charge < -0.3 is 4.90 Å². The summed E-state index contributed by atoms with van der Waals surface area (Å²) in [5, 5.41) is 0. The molecule has 1 aromatic carbocycles. The van der Waals surface area contributed by atoms with Crippen LogP contribution in [-0.2, 0) is 17.8 Å². The second-order valence-corrected chi connectivity index (χ2v) is 6.16. The maximum Gasteiger partial charge on any atom is 0.328 e. The SMILES string of the molecule is O=C(Cn1ccc(=O)[nH]c1=O)N1CCCC[C@H]1Cc1ccccc1. The first kappa shape index (κ1) is 16.2. The highest BCUT2D eigenvalue weighted by Crippen LogP contribution is 2.21. The molecular weight excluding hydrogens is 306 g/mol. The first-order valence-electron chi connectivity index (χ1n) is 8.26. The van der Waals surface area contributed by atoms with E-state index in [9.17, 15) is 14.4 Å². The average Bonchev–Trinajstić information content (AvgIpc) is 2.59. The monoisotopic (exact) mass is 327 g/mol. The van der Waals surface area contributed by atoms with Gasteiger partial charge in [-0.1, -0.05) is 30.3 Å². The Bertz CT molecular complexity index is 810. The summed E-state index contributed by atoms with van der Waals surface area (Å²) in [6.45, 7) is 0.676. The summed E-state index contributed by atoms with van der Waals surface area (Å²) in [6, 6.07) is 11.6. The van der Waals surface area contributed by atoms with Gasteiger partial charge in [0.15, 0.2) is 0 Å². The van der Waals surface area contributed by atoms with Crippen LogP contribution < -0.4 is 11.2 Å². The molecule has 3 rings (SSSR count). The Balaban J connectivity index is 1.73. The number of rotatable bonds is 4. The molecule has 1 aromatic heterocycles. The first-order chi connectivity index (χ1) is 11.6. The number of likely N-dealkylation sites (tertiary alicyclic amines) is 1. The van der Waals surface area contributed by atoms with Crippen molar-refractivity contribution in [2.75, 3.05) is 6.54 Å². The summed E-state index contributed by atoms with van der Waals surface area (Å²) < 4.78 is 1.25. The Labute approximate surface area is 139 Å². The number of aromatic nitrogens is 2. The van der Waals surface area contributed by atoms with Gasteiger partial charge in [-0.15, -0.1) is 0 Å². The van der Waals surface area contributed by atoms with Gasteiger partial charge in [-0.3, -0.25) is 19.1 Å². The second kappa shape index (κ2) is 7.29. The minimum atomic E-state index is -0.549. The number of aromatic amines is 1. The van der Waals surface area contributed by atoms with E-state index in [1.54, 1.807) is 0 Å². The smallest absolute Gasteiger partial charge is 0.328 e. The summed E-state index contributed by atoms with van der Waals surface area (Å²) >= 11 is 0. The van der Waals surface area contributed by atoms with Crippen molar-refractivity contribution in [2.24, 2.45) is 0 Å². The molecule has 1 fully saturated rings. The van der Waals surface area contributed by atoms with Crippen LogP contribution in [0.5, 0.6) is 0 Å². The number of carbonyl (C=O) groups excluding carboxylic acids is 1. The van der Waals surface area contributed by atoms with Crippen LogP contribution in [0.2, 0.25) is 0 Å². The minimum absolute atomic E-state index is 0.0408. The molecule has 1 aliphatic heterocycles. The van der Waals surface area contributed by atoms with E-state index in [-0.39, 0.29) is 18.5 Å². The largest absolute Gasteiger partial charge is 0.338 e. The van der Waals surface area contributed by atoms with Crippen LogP contribution in [-0.4, -0.2) is 32.9 Å². The van der Waals surface area contributed by atoms with Gasteiger partial charge in [0, 0.05) is 24.8 Å². The van der Waals surface area contributed by atoms with E-state index >= 15 is 0 Å². The van der Waals surface area contributed by atoms with Gasteiger partial charge in [-0.05, 0) is 31.2 Å². The number of hydrogen-bond donors (Lipinski definition) is 1. The molecule has 2 aromatic rings. The molecule has 1 saturated heterocycles. The van der Waals surface area contributed by atoms with E-state index in [1.165, 1.54) is 22.4 Å². The third-order valence-electron chi connectivity index (χ3n) is 4.46. The Hall–Kier alpha value is -2.63. The Morgan fingerprint density at radius 2 is 1.92 bits per heavy atom. The van der Waals surface area contributed by atoms with E-state index < -0.39 is 11.2 Å². The maximum atomic E-state index is 12.7. The quantitative estimate of drug-likeness (QED) is 0.916. The van der Waals surface area contributed by atoms with Crippen molar-refractivity contribution in [1.82, 2.24) is 14.5 Å². The van der Waals surface area contributed by atoms with Crippen molar-refractivity contribution in [3.63, 3.8) is 0 Å². The van der Waals surface area contributed by atoms with E-state index in [1.807, 2.05) is 23.1 Å². The third kappa shape index (κ3) is 3.82. The van der Waals surface area contributed by atoms with Gasteiger partial charge in [-0.25, -0.2) is 4.79 Å². The number of piperidine rings is 1. The number of amides is 1. The molecule has 0 aliphatic carbocycles. The molecule has 24 heavy (non-hydrogen) atoms. The molecule has 6 heteroatoms. The molecule has 1 atom stereocenters. The fraction of sp³-hybridized carbons (Fsp3) is 0.389. The average molecular weight is 327 g/mol. The Kier molecular flexibility index (Phi) is 4.93. The van der Waals surface area contributed by atoms with Crippen LogP contribution in [0.1, 0.15) is 24.8 Å². The van der Waals surface area contributed by atoms with Crippen LogP contribution >= 0.6 is 0 Å². The van der Waals surface area contributed by atoms with Gasteiger partial charge in [0.25, 0.3) is 5.56 Å². The van der Waals surface area contributed by atoms with Crippen LogP contribution in [0.3, 0.4) is 0 Å². The highest BCUT2D eigenvalue weighted by Gasteiger charge is 2.26. The zero-order valence-corrected chi connectivity index (χ0v) is 13.5. The summed E-state index contributed by atoms with van der Waals surface area (Å²) in [5.41, 5.74) is 0.208. The van der Waals surface area contributed by atoms with Crippen LogP contribution in [0.4, 0.5) is 0 Å². The molecule has 0 saturated carbocycles. The molecule has 0 unspecified atom stereocenters. The number of H-pyrrole nitrogens is 1. The van der Waals surface area contributed by atoms with Crippen LogP contribution in [0, 0.1) is 0 Å². The zero-order valence-electron chi connectivity index (χ0n) is 13.5. The van der Waals surface area contributed by atoms with Crippen LogP contribution in [0.25, 0.3) is 0 Å².